The van der Waals surface area contributed by atoms with Crippen LogP contribution in [0.2, 0.25) is 0 Å². The normalized spacial score (nSPS) is 11.7. The first kappa shape index (κ1) is 29.4. The van der Waals surface area contributed by atoms with Crippen LogP contribution in [-0.4, -0.2) is 18.3 Å². The van der Waals surface area contributed by atoms with Crippen molar-refractivity contribution < 1.29 is 0 Å². The Morgan fingerprint density at radius 2 is 0.679 bits per heavy atom. The molecule has 0 spiro atoms. The highest BCUT2D eigenvalue weighted by molar-refractivity contribution is 7.17. The highest BCUT2D eigenvalue weighted by atomic mass is 32.1. The second-order valence-corrected chi connectivity index (χ2v) is 14.2. The third kappa shape index (κ3) is 3.94. The van der Waals surface area contributed by atoms with Gasteiger partial charge in [0.05, 0.1) is 44.6 Å². The highest BCUT2D eigenvalue weighted by Gasteiger charge is 2.26. The third-order valence-electron chi connectivity index (χ3n) is 10.5. The molecule has 53 heavy (non-hydrogen) atoms. The molecule has 7 heteroatoms. The predicted octanol–water partition coefficient (Wildman–Crippen LogP) is 11.6. The number of thiophene rings is 1. The Kier molecular flexibility index (Phi) is 6.15. The zero-order chi connectivity index (χ0) is 35.2. The number of benzene rings is 6. The number of nitriles is 2. The molecule has 0 aliphatic heterocycles. The maximum Gasteiger partial charge on any atom is 0.132 e. The Morgan fingerprint density at radius 1 is 0.358 bits per heavy atom. The van der Waals surface area contributed by atoms with Crippen molar-refractivity contribution in [3.63, 3.8) is 0 Å². The van der Waals surface area contributed by atoms with Gasteiger partial charge in [0.15, 0.2) is 0 Å². The van der Waals surface area contributed by atoms with E-state index < -0.39 is 0 Å². The molecular formula is C46H26N6S. The Morgan fingerprint density at radius 3 is 1.06 bits per heavy atom. The summed E-state index contributed by atoms with van der Waals surface area (Å²) in [5, 5.41) is 29.5. The summed E-state index contributed by atoms with van der Waals surface area (Å²) in [5.41, 5.74) is 9.26. The van der Waals surface area contributed by atoms with Crippen molar-refractivity contribution in [2.75, 3.05) is 0 Å². The zero-order valence-electron chi connectivity index (χ0n) is 28.1. The van der Waals surface area contributed by atoms with E-state index in [1.807, 2.05) is 48.5 Å². The SMILES string of the molecule is N#Cc1ccccc1-n1c2ccccc2c2c3ccccc3n(-c3ccc(-n4c5ccccc5c5c6ccccc6n(-c6ccccc6C#N)c54)s3)c21. The lowest BCUT2D eigenvalue weighted by Gasteiger charge is -2.13. The average molecular weight is 695 g/mol. The molecule has 0 saturated carbocycles. The molecule has 6 aromatic carbocycles. The number of nitrogens with zero attached hydrogens (tertiary/aromatic N) is 6. The molecule has 0 radical (unpaired) electrons. The van der Waals surface area contributed by atoms with Gasteiger partial charge in [-0.1, -0.05) is 108 Å². The van der Waals surface area contributed by atoms with Crippen molar-refractivity contribution in [3.8, 4) is 33.5 Å². The molecule has 6 nitrogen and oxygen atoms in total. The van der Waals surface area contributed by atoms with Gasteiger partial charge in [0.2, 0.25) is 0 Å². The number of fused-ring (bicyclic) bond motifs is 10. The van der Waals surface area contributed by atoms with Crippen LogP contribution < -0.4 is 0 Å². The van der Waals surface area contributed by atoms with Crippen LogP contribution in [0.25, 0.3) is 87.1 Å². The second-order valence-electron chi connectivity index (χ2n) is 13.2. The van der Waals surface area contributed by atoms with E-state index in [4.69, 9.17) is 0 Å². The van der Waals surface area contributed by atoms with Crippen LogP contribution in [0.5, 0.6) is 0 Å². The molecule has 0 aliphatic carbocycles. The quantitative estimate of drug-likeness (QED) is 0.184. The first-order valence-corrected chi connectivity index (χ1v) is 18.2. The van der Waals surface area contributed by atoms with E-state index in [0.29, 0.717) is 11.1 Å². The van der Waals surface area contributed by atoms with Crippen molar-refractivity contribution in [2.45, 2.75) is 0 Å². The summed E-state index contributed by atoms with van der Waals surface area (Å²) in [7, 11) is 0. The molecule has 0 unspecified atom stereocenters. The van der Waals surface area contributed by atoms with Crippen LogP contribution in [0.4, 0.5) is 0 Å². The minimum Gasteiger partial charge on any atom is -0.294 e. The van der Waals surface area contributed by atoms with Gasteiger partial charge in [-0.3, -0.25) is 18.3 Å². The summed E-state index contributed by atoms with van der Waals surface area (Å²) in [6.45, 7) is 0. The van der Waals surface area contributed by atoms with Gasteiger partial charge in [-0.25, -0.2) is 0 Å². The van der Waals surface area contributed by atoms with Crippen molar-refractivity contribution in [3.05, 3.63) is 169 Å². The summed E-state index contributed by atoms with van der Waals surface area (Å²) in [4.78, 5) is 0. The fraction of sp³-hybridized carbons (Fsp3) is 0. The smallest absolute Gasteiger partial charge is 0.132 e. The van der Waals surface area contributed by atoms with E-state index >= 15 is 0 Å². The maximum absolute atomic E-state index is 10.3. The molecular weight excluding hydrogens is 669 g/mol. The molecule has 5 heterocycles. The molecule has 11 rings (SSSR count). The number of hydrogen-bond donors (Lipinski definition) is 0. The summed E-state index contributed by atoms with van der Waals surface area (Å²) in [5.74, 6) is 0. The van der Waals surface area contributed by atoms with Gasteiger partial charge in [0, 0.05) is 32.3 Å². The van der Waals surface area contributed by atoms with Crippen LogP contribution in [0.15, 0.2) is 158 Å². The Balaban J connectivity index is 1.26. The van der Waals surface area contributed by atoms with Crippen molar-refractivity contribution in [1.29, 1.82) is 10.5 Å². The Bertz CT molecular complexity index is 3160. The molecule has 11 aromatic rings. The standard InChI is InChI=1S/C46H26N6S/c47-27-29-13-1-7-19-35(29)49-37-21-9-3-15-31(37)43-33-17-5-11-23-39(33)51(45(43)49)41-25-26-42(53-41)52-40-24-12-6-18-34(40)44-32-16-4-10-22-38(32)50(46(44)52)36-20-8-2-14-30(36)28-48/h1-26H. The minimum atomic E-state index is 0.616. The molecule has 0 fully saturated rings. The fourth-order valence-corrected chi connectivity index (χ4v) is 9.45. The first-order valence-electron chi connectivity index (χ1n) is 17.4. The summed E-state index contributed by atoms with van der Waals surface area (Å²) >= 11 is 1.72. The van der Waals surface area contributed by atoms with Crippen LogP contribution >= 0.6 is 11.3 Å². The molecule has 0 aliphatic rings. The monoisotopic (exact) mass is 694 g/mol. The first-order chi connectivity index (χ1) is 26.3. The van der Waals surface area contributed by atoms with E-state index in [0.717, 1.165) is 87.1 Å². The Labute approximate surface area is 307 Å². The lowest BCUT2D eigenvalue weighted by atomic mass is 10.1. The summed E-state index contributed by atoms with van der Waals surface area (Å²) in [6.07, 6.45) is 0. The van der Waals surface area contributed by atoms with Crippen LogP contribution in [0.3, 0.4) is 0 Å². The van der Waals surface area contributed by atoms with Gasteiger partial charge >= 0.3 is 0 Å². The van der Waals surface area contributed by atoms with Gasteiger partial charge in [0.1, 0.15) is 33.4 Å². The summed E-state index contributed by atoms with van der Waals surface area (Å²) in [6, 6.07) is 59.1. The number of hydrogen-bond acceptors (Lipinski definition) is 3. The maximum atomic E-state index is 10.3. The van der Waals surface area contributed by atoms with E-state index in [2.05, 4.69) is 140 Å². The van der Waals surface area contributed by atoms with E-state index in [1.54, 1.807) is 11.3 Å². The van der Waals surface area contributed by atoms with Crippen LogP contribution in [-0.2, 0) is 0 Å². The topological polar surface area (TPSA) is 67.3 Å². The van der Waals surface area contributed by atoms with E-state index in [1.165, 1.54) is 0 Å². The van der Waals surface area contributed by atoms with Gasteiger partial charge < -0.3 is 0 Å². The molecule has 0 atom stereocenters. The number of aromatic nitrogens is 4. The molecule has 0 bridgehead atoms. The molecule has 5 aromatic heterocycles. The van der Waals surface area contributed by atoms with Crippen molar-refractivity contribution in [2.24, 2.45) is 0 Å². The largest absolute Gasteiger partial charge is 0.294 e. The second kappa shape index (κ2) is 11.1. The predicted molar refractivity (Wildman–Crippen MR) is 216 cm³/mol. The third-order valence-corrected chi connectivity index (χ3v) is 11.6. The highest BCUT2D eigenvalue weighted by Crippen LogP contribution is 2.45. The van der Waals surface area contributed by atoms with E-state index in [-0.39, 0.29) is 0 Å². The summed E-state index contributed by atoms with van der Waals surface area (Å²) < 4.78 is 9.22. The molecule has 246 valence electrons. The van der Waals surface area contributed by atoms with Gasteiger partial charge in [0.25, 0.3) is 0 Å². The number of rotatable bonds is 4. The fourth-order valence-electron chi connectivity index (χ4n) is 8.41. The van der Waals surface area contributed by atoms with Gasteiger partial charge in [-0.15, -0.1) is 0 Å². The van der Waals surface area contributed by atoms with Crippen molar-refractivity contribution >= 4 is 77.0 Å². The van der Waals surface area contributed by atoms with E-state index in [9.17, 15) is 10.5 Å². The van der Waals surface area contributed by atoms with Gasteiger partial charge in [-0.2, -0.15) is 10.5 Å². The lowest BCUT2D eigenvalue weighted by molar-refractivity contribution is 1.08. The number of para-hydroxylation sites is 6. The Hall–Kier alpha value is -7.32. The van der Waals surface area contributed by atoms with Crippen molar-refractivity contribution in [1.82, 2.24) is 18.3 Å². The average Bonchev–Trinajstić information content (AvgIpc) is 4.02. The zero-order valence-corrected chi connectivity index (χ0v) is 28.9. The molecule has 0 amide bonds. The van der Waals surface area contributed by atoms with Gasteiger partial charge in [-0.05, 0) is 60.7 Å². The van der Waals surface area contributed by atoms with Crippen LogP contribution in [0.1, 0.15) is 11.1 Å². The lowest BCUT2D eigenvalue weighted by Crippen LogP contribution is -2.02. The minimum absolute atomic E-state index is 0.616. The molecule has 0 saturated heterocycles. The van der Waals surface area contributed by atoms with Crippen LogP contribution in [0, 0.1) is 22.7 Å². The molecule has 0 N–H and O–H groups in total.